The summed E-state index contributed by atoms with van der Waals surface area (Å²) in [7, 11) is 0. The number of Topliss-reactive ketones (excluding diaryl/α,β-unsaturated/α-hetero) is 1. The second kappa shape index (κ2) is 6.46. The first kappa shape index (κ1) is 16.5. The SMILES string of the molecule is CCC(N)(C(=O)OC(C)C)C(=O)[C@H](N)CC(=O)O. The number of hydrogen-bond donors (Lipinski definition) is 3. The van der Waals surface area contributed by atoms with E-state index in [1.54, 1.807) is 13.8 Å². The topological polar surface area (TPSA) is 133 Å². The van der Waals surface area contributed by atoms with E-state index in [4.69, 9.17) is 21.3 Å². The summed E-state index contributed by atoms with van der Waals surface area (Å²) in [6, 6.07) is -1.33. The molecule has 0 aromatic heterocycles. The van der Waals surface area contributed by atoms with Crippen molar-refractivity contribution in [3.63, 3.8) is 0 Å². The fraction of sp³-hybridized carbons (Fsp3) is 0.727. The fourth-order valence-electron chi connectivity index (χ4n) is 1.35. The Hall–Kier alpha value is -1.47. The molecule has 0 radical (unpaired) electrons. The maximum Gasteiger partial charge on any atom is 0.334 e. The molecule has 0 fully saturated rings. The van der Waals surface area contributed by atoms with Crippen LogP contribution in [0.2, 0.25) is 0 Å². The van der Waals surface area contributed by atoms with Gasteiger partial charge in [-0.25, -0.2) is 4.79 Å². The third-order valence-corrected chi connectivity index (χ3v) is 2.44. The summed E-state index contributed by atoms with van der Waals surface area (Å²) in [6.07, 6.45) is -1.01. The van der Waals surface area contributed by atoms with E-state index in [9.17, 15) is 14.4 Å². The molecule has 18 heavy (non-hydrogen) atoms. The highest BCUT2D eigenvalue weighted by Crippen LogP contribution is 2.15. The average molecular weight is 260 g/mol. The summed E-state index contributed by atoms with van der Waals surface area (Å²) >= 11 is 0. The normalized spacial score (nSPS) is 15.9. The highest BCUT2D eigenvalue weighted by atomic mass is 16.5. The van der Waals surface area contributed by atoms with E-state index in [-0.39, 0.29) is 6.42 Å². The van der Waals surface area contributed by atoms with E-state index in [2.05, 4.69) is 0 Å². The molecule has 0 rings (SSSR count). The van der Waals surface area contributed by atoms with Gasteiger partial charge in [0.1, 0.15) is 0 Å². The predicted octanol–water partition coefficient (Wildman–Crippen LogP) is -0.583. The lowest BCUT2D eigenvalue weighted by atomic mass is 9.87. The molecule has 0 heterocycles. The molecule has 7 nitrogen and oxygen atoms in total. The monoisotopic (exact) mass is 260 g/mol. The maximum absolute atomic E-state index is 11.9. The van der Waals surface area contributed by atoms with E-state index >= 15 is 0 Å². The van der Waals surface area contributed by atoms with Crippen molar-refractivity contribution in [2.45, 2.75) is 51.3 Å². The molecule has 0 spiro atoms. The number of carbonyl (C=O) groups is 3. The van der Waals surface area contributed by atoms with Crippen LogP contribution in [0.25, 0.3) is 0 Å². The minimum atomic E-state index is -1.89. The van der Waals surface area contributed by atoms with Crippen molar-refractivity contribution in [3.8, 4) is 0 Å². The Kier molecular flexibility index (Phi) is 5.93. The number of carboxylic acids is 1. The fourth-order valence-corrected chi connectivity index (χ4v) is 1.35. The molecule has 0 bridgehead atoms. The smallest absolute Gasteiger partial charge is 0.334 e. The van der Waals surface area contributed by atoms with Gasteiger partial charge in [0.15, 0.2) is 11.3 Å². The molecule has 7 heteroatoms. The van der Waals surface area contributed by atoms with E-state index in [0.717, 1.165) is 0 Å². The number of ether oxygens (including phenoxy) is 1. The second-order valence-corrected chi connectivity index (χ2v) is 4.35. The molecular formula is C11H20N2O5. The van der Waals surface area contributed by atoms with Crippen LogP contribution in [0.3, 0.4) is 0 Å². The molecule has 2 atom stereocenters. The molecule has 0 aliphatic rings. The Morgan fingerprint density at radius 1 is 1.33 bits per heavy atom. The summed E-state index contributed by atoms with van der Waals surface area (Å²) in [5.74, 6) is -2.93. The van der Waals surface area contributed by atoms with E-state index in [1.807, 2.05) is 0 Å². The summed E-state index contributed by atoms with van der Waals surface area (Å²) < 4.78 is 4.89. The molecule has 0 saturated carbocycles. The molecule has 0 aromatic rings. The average Bonchev–Trinajstić information content (AvgIpc) is 2.24. The van der Waals surface area contributed by atoms with Crippen LogP contribution in [-0.2, 0) is 19.1 Å². The number of esters is 1. The molecule has 0 aliphatic heterocycles. The number of carbonyl (C=O) groups excluding carboxylic acids is 2. The van der Waals surface area contributed by atoms with Crippen LogP contribution in [0.15, 0.2) is 0 Å². The highest BCUT2D eigenvalue weighted by molar-refractivity contribution is 6.11. The van der Waals surface area contributed by atoms with Crippen molar-refractivity contribution < 1.29 is 24.2 Å². The van der Waals surface area contributed by atoms with Crippen molar-refractivity contribution in [2.24, 2.45) is 11.5 Å². The van der Waals surface area contributed by atoms with Gasteiger partial charge in [-0.1, -0.05) is 6.92 Å². The van der Waals surface area contributed by atoms with Crippen molar-refractivity contribution in [1.82, 2.24) is 0 Å². The van der Waals surface area contributed by atoms with E-state index < -0.39 is 41.8 Å². The second-order valence-electron chi connectivity index (χ2n) is 4.35. The van der Waals surface area contributed by atoms with Crippen LogP contribution in [0.4, 0.5) is 0 Å². The Morgan fingerprint density at radius 2 is 1.83 bits per heavy atom. The van der Waals surface area contributed by atoms with Crippen LogP contribution in [0.1, 0.15) is 33.6 Å². The maximum atomic E-state index is 11.9. The largest absolute Gasteiger partial charge is 0.481 e. The van der Waals surface area contributed by atoms with Gasteiger partial charge in [0.25, 0.3) is 0 Å². The molecule has 0 saturated heterocycles. The van der Waals surface area contributed by atoms with Crippen molar-refractivity contribution in [3.05, 3.63) is 0 Å². The predicted molar refractivity (Wildman–Crippen MR) is 63.7 cm³/mol. The molecule has 104 valence electrons. The molecule has 5 N–H and O–H groups in total. The van der Waals surface area contributed by atoms with Crippen molar-refractivity contribution >= 4 is 17.7 Å². The zero-order valence-corrected chi connectivity index (χ0v) is 10.8. The minimum absolute atomic E-state index is 0.00922. The molecule has 0 aliphatic carbocycles. The zero-order chi connectivity index (χ0) is 14.5. The third kappa shape index (κ3) is 4.08. The quantitative estimate of drug-likeness (QED) is 0.412. The van der Waals surface area contributed by atoms with Crippen LogP contribution >= 0.6 is 0 Å². The van der Waals surface area contributed by atoms with Crippen LogP contribution in [0, 0.1) is 0 Å². The van der Waals surface area contributed by atoms with Gasteiger partial charge >= 0.3 is 11.9 Å². The first-order valence-electron chi connectivity index (χ1n) is 5.66. The molecular weight excluding hydrogens is 240 g/mol. The van der Waals surface area contributed by atoms with Gasteiger partial charge in [0.2, 0.25) is 0 Å². The zero-order valence-electron chi connectivity index (χ0n) is 10.8. The summed E-state index contributed by atoms with van der Waals surface area (Å²) in [5.41, 5.74) is 9.25. The number of nitrogens with two attached hydrogens (primary N) is 2. The first-order valence-corrected chi connectivity index (χ1v) is 5.66. The minimum Gasteiger partial charge on any atom is -0.481 e. The summed E-state index contributed by atoms with van der Waals surface area (Å²) in [5, 5.41) is 8.57. The summed E-state index contributed by atoms with van der Waals surface area (Å²) in [6.45, 7) is 4.78. The Labute approximate surface area is 105 Å². The lowest BCUT2D eigenvalue weighted by molar-refractivity contribution is -0.158. The van der Waals surface area contributed by atoms with Crippen LogP contribution in [-0.4, -0.2) is 40.5 Å². The van der Waals surface area contributed by atoms with Crippen molar-refractivity contribution in [1.29, 1.82) is 0 Å². The third-order valence-electron chi connectivity index (χ3n) is 2.44. The van der Waals surface area contributed by atoms with E-state index in [0.29, 0.717) is 0 Å². The summed E-state index contributed by atoms with van der Waals surface area (Å²) in [4.78, 5) is 34.2. The van der Waals surface area contributed by atoms with Gasteiger partial charge in [-0.05, 0) is 20.3 Å². The van der Waals surface area contributed by atoms with Gasteiger partial charge in [0, 0.05) is 0 Å². The van der Waals surface area contributed by atoms with Crippen LogP contribution in [0.5, 0.6) is 0 Å². The number of carboxylic acid groups (broad SMARTS) is 1. The van der Waals surface area contributed by atoms with Crippen molar-refractivity contribution in [2.75, 3.05) is 0 Å². The molecule has 0 amide bonds. The number of rotatable bonds is 7. The van der Waals surface area contributed by atoms with Gasteiger partial charge in [-0.3, -0.25) is 9.59 Å². The van der Waals surface area contributed by atoms with Gasteiger partial charge in [-0.2, -0.15) is 0 Å². The highest BCUT2D eigenvalue weighted by Gasteiger charge is 2.44. The Bertz CT molecular complexity index is 342. The van der Waals surface area contributed by atoms with Gasteiger partial charge in [0.05, 0.1) is 18.6 Å². The number of ketones is 1. The first-order chi connectivity index (χ1) is 8.15. The lowest BCUT2D eigenvalue weighted by Gasteiger charge is -2.27. The Balaban J connectivity index is 4.97. The van der Waals surface area contributed by atoms with Gasteiger partial charge < -0.3 is 21.3 Å². The lowest BCUT2D eigenvalue weighted by Crippen LogP contribution is -2.61. The van der Waals surface area contributed by atoms with E-state index in [1.165, 1.54) is 6.92 Å². The number of aliphatic carboxylic acids is 1. The molecule has 1 unspecified atom stereocenters. The Morgan fingerprint density at radius 3 is 2.17 bits per heavy atom. The number of hydrogen-bond acceptors (Lipinski definition) is 6. The van der Waals surface area contributed by atoms with Gasteiger partial charge in [-0.15, -0.1) is 0 Å². The molecule has 0 aromatic carbocycles. The van der Waals surface area contributed by atoms with Crippen LogP contribution < -0.4 is 11.5 Å². The standard InChI is InChI=1S/C11H20N2O5/c1-4-11(13,10(17)18-6(2)3)9(16)7(12)5-8(14)15/h6-7H,4-5,12-13H2,1-3H3,(H,14,15)/t7-,11?/m1/s1.